The SMILES string of the molecule is Clc1cccc(N2[B]N[B]N(c3cc4cc5ccccc5cc4c4cc5ccccc5cc34)[B]2)c1. The lowest BCUT2D eigenvalue weighted by molar-refractivity contribution is 1.35. The largest absolute Gasteiger partial charge is 0.436 e. The molecule has 0 bridgehead atoms. The van der Waals surface area contributed by atoms with E-state index in [0.29, 0.717) is 5.02 Å². The van der Waals surface area contributed by atoms with E-state index < -0.39 is 0 Å². The summed E-state index contributed by atoms with van der Waals surface area (Å²) in [5, 5.41) is 13.9. The van der Waals surface area contributed by atoms with Gasteiger partial charge in [-0.15, -0.1) is 0 Å². The molecular weight excluding hydrogens is 446 g/mol. The van der Waals surface area contributed by atoms with Crippen LogP contribution in [0.4, 0.5) is 11.4 Å². The second-order valence-corrected chi connectivity index (χ2v) is 9.33. The van der Waals surface area contributed by atoms with Crippen LogP contribution in [0.5, 0.6) is 0 Å². The molecule has 0 saturated carbocycles. The number of hydrogen-bond acceptors (Lipinski definition) is 3. The molecule has 0 aromatic heterocycles. The highest BCUT2D eigenvalue weighted by Gasteiger charge is 2.25. The summed E-state index contributed by atoms with van der Waals surface area (Å²) in [4.78, 5) is 0. The molecule has 0 aliphatic carbocycles. The van der Waals surface area contributed by atoms with Gasteiger partial charge in [0, 0.05) is 21.8 Å². The highest BCUT2D eigenvalue weighted by molar-refractivity contribution is 6.81. The quantitative estimate of drug-likeness (QED) is 0.180. The number of rotatable bonds is 2. The van der Waals surface area contributed by atoms with Gasteiger partial charge in [-0.3, -0.25) is 0 Å². The van der Waals surface area contributed by atoms with Gasteiger partial charge in [0.2, 0.25) is 0 Å². The van der Waals surface area contributed by atoms with Gasteiger partial charge in [-0.05, 0) is 86.2 Å². The van der Waals surface area contributed by atoms with Gasteiger partial charge < -0.3 is 14.6 Å². The van der Waals surface area contributed by atoms with E-state index in [4.69, 9.17) is 11.6 Å². The van der Waals surface area contributed by atoms with Crippen molar-refractivity contribution in [2.24, 2.45) is 0 Å². The standard InChI is InChI=1S/C28H18B3ClN3/c32-23-10-5-11-24(17-23)34-29-33-30-35(31-34)28-16-22-12-18-6-1-2-7-19(18)13-25(22)26-14-20-8-3-4-9-21(20)15-27(26)28/h1-17,33H. The Morgan fingerprint density at radius 1 is 0.543 bits per heavy atom. The Balaban J connectivity index is 1.46. The lowest BCUT2D eigenvalue weighted by atomic mass is 9.75. The van der Waals surface area contributed by atoms with Gasteiger partial charge >= 0.3 is 22.6 Å². The van der Waals surface area contributed by atoms with Gasteiger partial charge in [-0.25, -0.2) is 0 Å². The first kappa shape index (κ1) is 20.8. The van der Waals surface area contributed by atoms with E-state index in [1.54, 1.807) is 0 Å². The fourth-order valence-corrected chi connectivity index (χ4v) is 5.21. The van der Waals surface area contributed by atoms with Crippen LogP contribution in [0.25, 0.3) is 43.1 Å². The van der Waals surface area contributed by atoms with Crippen LogP contribution in [0.1, 0.15) is 0 Å². The van der Waals surface area contributed by atoms with Crippen LogP contribution < -0.4 is 14.6 Å². The van der Waals surface area contributed by atoms with Gasteiger partial charge in [0.1, 0.15) is 0 Å². The molecule has 1 fully saturated rings. The van der Waals surface area contributed by atoms with E-state index in [2.05, 4.69) is 96.3 Å². The maximum atomic E-state index is 6.27. The number of benzene rings is 6. The van der Waals surface area contributed by atoms with Crippen LogP contribution in [-0.2, 0) is 0 Å². The maximum Gasteiger partial charge on any atom is 0.364 e. The van der Waals surface area contributed by atoms with Crippen molar-refractivity contribution in [2.45, 2.75) is 0 Å². The molecule has 1 N–H and O–H groups in total. The summed E-state index contributed by atoms with van der Waals surface area (Å²) in [5.41, 5.74) is 2.10. The van der Waals surface area contributed by atoms with Crippen LogP contribution in [0.2, 0.25) is 5.02 Å². The third-order valence-electron chi connectivity index (χ3n) is 6.72. The average molecular weight is 464 g/mol. The number of hydrogen-bond donors (Lipinski definition) is 1. The molecule has 6 aromatic rings. The molecule has 0 amide bonds. The summed E-state index contributed by atoms with van der Waals surface area (Å²) in [5.74, 6) is 0. The Morgan fingerprint density at radius 3 is 1.89 bits per heavy atom. The predicted octanol–water partition coefficient (Wildman–Crippen LogP) is 6.47. The zero-order valence-electron chi connectivity index (χ0n) is 18.8. The van der Waals surface area contributed by atoms with E-state index in [9.17, 15) is 0 Å². The van der Waals surface area contributed by atoms with Crippen molar-refractivity contribution in [3.05, 3.63) is 108 Å². The molecule has 1 aliphatic heterocycles. The summed E-state index contributed by atoms with van der Waals surface area (Å²) in [6.07, 6.45) is 0. The van der Waals surface area contributed by atoms with Gasteiger partial charge in [0.15, 0.2) is 0 Å². The van der Waals surface area contributed by atoms with Gasteiger partial charge in [-0.2, -0.15) is 0 Å². The third kappa shape index (κ3) is 3.61. The minimum Gasteiger partial charge on any atom is -0.436 e. The summed E-state index contributed by atoms with van der Waals surface area (Å²) in [6, 6.07) is 36.5. The number of nitrogens with one attached hydrogen (secondary N) is 1. The smallest absolute Gasteiger partial charge is 0.364 e. The lowest BCUT2D eigenvalue weighted by Gasteiger charge is -2.37. The molecule has 35 heavy (non-hydrogen) atoms. The van der Waals surface area contributed by atoms with Crippen LogP contribution in [0.3, 0.4) is 0 Å². The molecule has 0 atom stereocenters. The Bertz CT molecular complexity index is 1760. The topological polar surface area (TPSA) is 18.5 Å². The number of halogens is 1. The normalized spacial score (nSPS) is 13.7. The molecule has 7 rings (SSSR count). The van der Waals surface area contributed by atoms with Crippen molar-refractivity contribution in [3.63, 3.8) is 0 Å². The van der Waals surface area contributed by atoms with Crippen molar-refractivity contribution < 1.29 is 0 Å². The molecule has 0 spiro atoms. The molecule has 161 valence electrons. The fraction of sp³-hybridized carbons (Fsp3) is 0. The zero-order chi connectivity index (χ0) is 23.4. The molecule has 3 radical (unpaired) electrons. The summed E-state index contributed by atoms with van der Waals surface area (Å²) >= 11 is 6.27. The van der Waals surface area contributed by atoms with Gasteiger partial charge in [-0.1, -0.05) is 66.2 Å². The highest BCUT2D eigenvalue weighted by atomic mass is 35.5. The number of nitrogens with zero attached hydrogens (tertiary/aromatic N) is 2. The second kappa shape index (κ2) is 8.26. The van der Waals surface area contributed by atoms with Crippen LogP contribution in [-0.4, -0.2) is 22.6 Å². The Kier molecular flexibility index (Phi) is 4.90. The van der Waals surface area contributed by atoms with E-state index in [1.165, 1.54) is 43.1 Å². The Labute approximate surface area is 211 Å². The van der Waals surface area contributed by atoms with Crippen molar-refractivity contribution in [1.82, 2.24) is 5.14 Å². The van der Waals surface area contributed by atoms with Crippen LogP contribution in [0, 0.1) is 0 Å². The van der Waals surface area contributed by atoms with Crippen molar-refractivity contribution in [1.29, 1.82) is 0 Å². The molecule has 0 unspecified atom stereocenters. The Morgan fingerprint density at radius 2 is 1.17 bits per heavy atom. The van der Waals surface area contributed by atoms with Crippen LogP contribution in [0.15, 0.2) is 103 Å². The molecule has 1 aliphatic rings. The first-order chi connectivity index (χ1) is 17.2. The number of anilines is 2. The van der Waals surface area contributed by atoms with E-state index in [-0.39, 0.29) is 0 Å². The van der Waals surface area contributed by atoms with E-state index in [0.717, 1.165) is 11.4 Å². The Hall–Kier alpha value is -3.60. The minimum atomic E-state index is 0.708. The first-order valence-corrected chi connectivity index (χ1v) is 12.0. The summed E-state index contributed by atoms with van der Waals surface area (Å²) in [6.45, 7) is 0. The van der Waals surface area contributed by atoms with Crippen LogP contribution >= 0.6 is 11.6 Å². The average Bonchev–Trinajstić information content (AvgIpc) is 2.90. The third-order valence-corrected chi connectivity index (χ3v) is 6.96. The first-order valence-electron chi connectivity index (χ1n) is 11.6. The monoisotopic (exact) mass is 464 g/mol. The lowest BCUT2D eigenvalue weighted by Crippen LogP contribution is -2.60. The molecule has 1 saturated heterocycles. The highest BCUT2D eigenvalue weighted by Crippen LogP contribution is 2.38. The molecule has 1 heterocycles. The predicted molar refractivity (Wildman–Crippen MR) is 153 cm³/mol. The van der Waals surface area contributed by atoms with Gasteiger partial charge in [0.25, 0.3) is 0 Å². The summed E-state index contributed by atoms with van der Waals surface area (Å²) < 4.78 is 4.19. The molecule has 6 aromatic carbocycles. The zero-order valence-corrected chi connectivity index (χ0v) is 19.6. The minimum absolute atomic E-state index is 0.708. The number of fused-ring (bicyclic) bond motifs is 5. The fourth-order valence-electron chi connectivity index (χ4n) is 5.03. The van der Waals surface area contributed by atoms with E-state index >= 15 is 0 Å². The second-order valence-electron chi connectivity index (χ2n) is 8.90. The van der Waals surface area contributed by atoms with Gasteiger partial charge in [0.05, 0.1) is 0 Å². The van der Waals surface area contributed by atoms with E-state index in [1.807, 2.05) is 44.1 Å². The van der Waals surface area contributed by atoms with Crippen molar-refractivity contribution in [2.75, 3.05) is 9.44 Å². The molecule has 7 heteroatoms. The maximum absolute atomic E-state index is 6.27. The van der Waals surface area contributed by atoms with Crippen molar-refractivity contribution >= 4 is 88.7 Å². The van der Waals surface area contributed by atoms with Crippen molar-refractivity contribution in [3.8, 4) is 0 Å². The molecule has 3 nitrogen and oxygen atoms in total. The summed E-state index contributed by atoms with van der Waals surface area (Å²) in [7, 11) is 5.99. The molecular formula is C28H18B3ClN3.